The number of amides is 2. The van der Waals surface area contributed by atoms with E-state index in [0.717, 1.165) is 6.42 Å². The fourth-order valence-electron chi connectivity index (χ4n) is 6.16. The molecule has 1 aliphatic heterocycles. The van der Waals surface area contributed by atoms with Gasteiger partial charge in [-0.2, -0.15) is 0 Å². The molecule has 1 saturated heterocycles. The summed E-state index contributed by atoms with van der Waals surface area (Å²) < 4.78 is 15.8. The summed E-state index contributed by atoms with van der Waals surface area (Å²) in [5.74, 6) is -2.13. The fourth-order valence-corrected chi connectivity index (χ4v) is 6.16. The normalized spacial score (nSPS) is 18.9. The van der Waals surface area contributed by atoms with Crippen molar-refractivity contribution in [3.05, 3.63) is 125 Å². The molecule has 1 heterocycles. The van der Waals surface area contributed by atoms with Crippen molar-refractivity contribution in [1.29, 1.82) is 0 Å². The van der Waals surface area contributed by atoms with Gasteiger partial charge < -0.3 is 14.2 Å². The van der Waals surface area contributed by atoms with Crippen LogP contribution in [0.1, 0.15) is 61.8 Å². The molecule has 1 saturated carbocycles. The molecule has 0 bridgehead atoms. The average molecular weight is 618 g/mol. The van der Waals surface area contributed by atoms with Crippen LogP contribution in [0.4, 0.5) is 5.69 Å². The van der Waals surface area contributed by atoms with Crippen LogP contribution in [0.15, 0.2) is 103 Å². The molecule has 4 aromatic rings. The molecule has 232 valence electrons. The van der Waals surface area contributed by atoms with Crippen LogP contribution in [0.25, 0.3) is 0 Å². The Morgan fingerprint density at radius 3 is 2.13 bits per heavy atom. The number of hydrogen-bond acceptors (Lipinski definition) is 8. The van der Waals surface area contributed by atoms with Gasteiger partial charge in [0.15, 0.2) is 12.4 Å². The minimum atomic E-state index is -0.764. The van der Waals surface area contributed by atoms with Crippen molar-refractivity contribution in [2.45, 2.75) is 25.2 Å². The monoisotopic (exact) mass is 617 g/mol. The minimum absolute atomic E-state index is 0.114. The van der Waals surface area contributed by atoms with E-state index in [2.05, 4.69) is 12.1 Å². The number of carbonyl (C=O) groups excluding carboxylic acids is 5. The van der Waals surface area contributed by atoms with Crippen molar-refractivity contribution < 1.29 is 38.2 Å². The van der Waals surface area contributed by atoms with Crippen LogP contribution in [0, 0.1) is 11.8 Å². The van der Waals surface area contributed by atoms with Crippen LogP contribution >= 0.6 is 0 Å². The highest BCUT2D eigenvalue weighted by atomic mass is 16.5. The van der Waals surface area contributed by atoms with Gasteiger partial charge in [0.1, 0.15) is 11.5 Å². The molecule has 0 aromatic heterocycles. The summed E-state index contributed by atoms with van der Waals surface area (Å²) in [4.78, 5) is 66.1. The Balaban J connectivity index is 1.06. The molecule has 0 radical (unpaired) electrons. The van der Waals surface area contributed by atoms with E-state index < -0.39 is 30.2 Å². The molecule has 2 amide bonds. The maximum atomic E-state index is 13.5. The number of nitrogens with zero attached hydrogens (tertiary/aromatic N) is 1. The number of anilines is 1. The summed E-state index contributed by atoms with van der Waals surface area (Å²) in [5.41, 5.74) is 2.16. The van der Waals surface area contributed by atoms with Gasteiger partial charge in [0, 0.05) is 5.56 Å². The first-order valence-electron chi connectivity index (χ1n) is 15.0. The van der Waals surface area contributed by atoms with E-state index in [9.17, 15) is 24.0 Å². The Morgan fingerprint density at radius 1 is 0.696 bits per heavy atom. The van der Waals surface area contributed by atoms with E-state index in [-0.39, 0.29) is 40.5 Å². The average Bonchev–Trinajstić information content (AvgIpc) is 3.36. The number of benzene rings is 4. The second-order valence-corrected chi connectivity index (χ2v) is 11.3. The lowest BCUT2D eigenvalue weighted by molar-refractivity contribution is -0.122. The van der Waals surface area contributed by atoms with Crippen molar-refractivity contribution in [1.82, 2.24) is 0 Å². The van der Waals surface area contributed by atoms with Gasteiger partial charge in [0.2, 0.25) is 11.8 Å². The smallest absolute Gasteiger partial charge is 0.343 e. The molecular weight excluding hydrogens is 586 g/mol. The maximum Gasteiger partial charge on any atom is 0.343 e. The molecule has 3 atom stereocenters. The highest BCUT2D eigenvalue weighted by molar-refractivity contribution is 6.22. The first kappa shape index (κ1) is 30.5. The zero-order valence-electron chi connectivity index (χ0n) is 25.1. The van der Waals surface area contributed by atoms with Crippen LogP contribution in [0.2, 0.25) is 0 Å². The molecule has 0 spiro atoms. The van der Waals surface area contributed by atoms with Gasteiger partial charge in [-0.25, -0.2) is 9.59 Å². The van der Waals surface area contributed by atoms with Crippen molar-refractivity contribution in [2.75, 3.05) is 18.6 Å². The number of fused-ring (bicyclic) bond motifs is 1. The molecule has 0 unspecified atom stereocenters. The number of ether oxygens (including phenoxy) is 3. The third-order valence-electron chi connectivity index (χ3n) is 8.56. The summed E-state index contributed by atoms with van der Waals surface area (Å²) in [5, 5.41) is 0. The summed E-state index contributed by atoms with van der Waals surface area (Å²) in [6.07, 6.45) is 2.06. The largest absolute Gasteiger partial charge is 0.497 e. The Hall–Kier alpha value is -5.57. The number of methoxy groups -OCH3 is 1. The summed E-state index contributed by atoms with van der Waals surface area (Å²) in [7, 11) is 1.50. The fraction of sp³-hybridized carbons (Fsp3) is 0.216. The van der Waals surface area contributed by atoms with Gasteiger partial charge in [-0.05, 0) is 91.4 Å². The molecule has 9 heteroatoms. The van der Waals surface area contributed by atoms with Crippen molar-refractivity contribution in [2.24, 2.45) is 11.8 Å². The SMILES string of the molecule is COc1cccc(C(=O)Oc2ccc(C(=O)COC(=O)c3cccc(N4C(=O)[C@H]5C[C@H](c6ccccc6)CC[C@H]5C4=O)c3)cc2)c1. The molecule has 1 aliphatic carbocycles. The van der Waals surface area contributed by atoms with Crippen LogP contribution in [-0.4, -0.2) is 43.3 Å². The molecular formula is C37H31NO8. The van der Waals surface area contributed by atoms with Crippen molar-refractivity contribution >= 4 is 35.2 Å². The number of rotatable bonds is 9. The van der Waals surface area contributed by atoms with Crippen LogP contribution in [0.3, 0.4) is 0 Å². The summed E-state index contributed by atoms with van der Waals surface area (Å²) in [6.45, 7) is -0.529. The summed E-state index contributed by atoms with van der Waals surface area (Å²) in [6, 6.07) is 28.6. The standard InChI is InChI=1S/C37H31NO8/c1-44-30-12-6-10-27(20-30)37(43)46-29-16-13-24(14-17-29)33(39)22-45-36(42)26-9-5-11-28(19-26)38-34(40)31-18-15-25(21-32(31)35(38)41)23-7-3-2-4-8-23/h2-14,16-17,19-20,25,31-32H,15,18,21-22H2,1H3/t25-,31-,32+/m1/s1. The zero-order valence-corrected chi connectivity index (χ0v) is 25.1. The first-order valence-corrected chi connectivity index (χ1v) is 15.0. The Morgan fingerprint density at radius 2 is 1.39 bits per heavy atom. The molecule has 4 aromatic carbocycles. The van der Waals surface area contributed by atoms with Gasteiger partial charge in [-0.1, -0.05) is 42.5 Å². The van der Waals surface area contributed by atoms with Crippen LogP contribution in [-0.2, 0) is 14.3 Å². The quantitative estimate of drug-likeness (QED) is 0.0968. The lowest BCUT2D eigenvalue weighted by Gasteiger charge is -2.28. The number of ketones is 1. The number of Topliss-reactive ketones (excluding diaryl/α,β-unsaturated/α-hetero) is 1. The van der Waals surface area contributed by atoms with Gasteiger partial charge in [0.25, 0.3) is 0 Å². The second-order valence-electron chi connectivity index (χ2n) is 11.3. The lowest BCUT2D eigenvalue weighted by atomic mass is 9.73. The predicted molar refractivity (Wildman–Crippen MR) is 168 cm³/mol. The Bertz CT molecular complexity index is 1800. The zero-order chi connectivity index (χ0) is 32.2. The number of imide groups is 1. The topological polar surface area (TPSA) is 116 Å². The molecule has 2 fully saturated rings. The van der Waals surface area contributed by atoms with Gasteiger partial charge >= 0.3 is 11.9 Å². The van der Waals surface area contributed by atoms with Crippen LogP contribution < -0.4 is 14.4 Å². The van der Waals surface area contributed by atoms with Crippen molar-refractivity contribution in [3.63, 3.8) is 0 Å². The van der Waals surface area contributed by atoms with E-state index in [1.165, 1.54) is 54.0 Å². The lowest BCUT2D eigenvalue weighted by Crippen LogP contribution is -2.31. The van der Waals surface area contributed by atoms with Gasteiger partial charge in [-0.3, -0.25) is 19.3 Å². The minimum Gasteiger partial charge on any atom is -0.497 e. The summed E-state index contributed by atoms with van der Waals surface area (Å²) >= 11 is 0. The molecule has 0 N–H and O–H groups in total. The number of carbonyl (C=O) groups is 5. The predicted octanol–water partition coefficient (Wildman–Crippen LogP) is 6.03. The second kappa shape index (κ2) is 13.2. The Kier molecular flexibility index (Phi) is 8.74. The van der Waals surface area contributed by atoms with Crippen molar-refractivity contribution in [3.8, 4) is 11.5 Å². The van der Waals surface area contributed by atoms with Gasteiger partial charge in [-0.15, -0.1) is 0 Å². The third-order valence-corrected chi connectivity index (χ3v) is 8.56. The highest BCUT2D eigenvalue weighted by Crippen LogP contribution is 2.45. The maximum absolute atomic E-state index is 13.5. The van der Waals surface area contributed by atoms with E-state index in [1.54, 1.807) is 36.4 Å². The van der Waals surface area contributed by atoms with Crippen LogP contribution in [0.5, 0.6) is 11.5 Å². The first-order chi connectivity index (χ1) is 22.3. The van der Waals surface area contributed by atoms with E-state index in [1.807, 2.05) is 18.2 Å². The number of hydrogen-bond donors (Lipinski definition) is 0. The molecule has 6 rings (SSSR count). The molecule has 46 heavy (non-hydrogen) atoms. The molecule has 2 aliphatic rings. The molecule has 9 nitrogen and oxygen atoms in total. The van der Waals surface area contributed by atoms with E-state index in [4.69, 9.17) is 14.2 Å². The highest BCUT2D eigenvalue weighted by Gasteiger charge is 2.50. The van der Waals surface area contributed by atoms with E-state index >= 15 is 0 Å². The number of esters is 2. The third kappa shape index (κ3) is 6.30. The van der Waals surface area contributed by atoms with Gasteiger partial charge in [0.05, 0.1) is 35.8 Å². The Labute approximate surface area is 265 Å². The van der Waals surface area contributed by atoms with E-state index in [0.29, 0.717) is 29.8 Å².